The minimum atomic E-state index is -0.298. The standard InChI is InChI=1S/C24H21FN2O3/c25-19-11-7-16(8-12-19)15-30-22-6-1-3-18(13-22)24(29)27-21-5-2-4-20(14-21)26-23(28)17-9-10-17/h1-8,11-14,17H,9-10,15H2,(H,26,28)(H,27,29). The van der Waals surface area contributed by atoms with Crippen LogP contribution in [0.25, 0.3) is 0 Å². The predicted octanol–water partition coefficient (Wildman–Crippen LogP) is 5.01. The van der Waals surface area contributed by atoms with E-state index in [2.05, 4.69) is 10.6 Å². The Hall–Kier alpha value is -3.67. The molecule has 6 heteroatoms. The van der Waals surface area contributed by atoms with Crippen molar-refractivity contribution in [2.45, 2.75) is 19.4 Å². The van der Waals surface area contributed by atoms with E-state index in [9.17, 15) is 14.0 Å². The van der Waals surface area contributed by atoms with Gasteiger partial charge in [0.15, 0.2) is 0 Å². The molecule has 0 aliphatic heterocycles. The van der Waals surface area contributed by atoms with Crippen molar-refractivity contribution in [3.63, 3.8) is 0 Å². The molecule has 5 nitrogen and oxygen atoms in total. The van der Waals surface area contributed by atoms with Crippen molar-refractivity contribution in [3.05, 3.63) is 89.7 Å². The van der Waals surface area contributed by atoms with E-state index in [4.69, 9.17) is 4.74 Å². The van der Waals surface area contributed by atoms with Gasteiger partial charge in [0.05, 0.1) is 0 Å². The van der Waals surface area contributed by atoms with Crippen molar-refractivity contribution >= 4 is 23.2 Å². The van der Waals surface area contributed by atoms with Gasteiger partial charge >= 0.3 is 0 Å². The number of amides is 2. The number of carbonyl (C=O) groups excluding carboxylic acids is 2. The summed E-state index contributed by atoms with van der Waals surface area (Å²) in [6.07, 6.45) is 1.86. The molecule has 30 heavy (non-hydrogen) atoms. The lowest BCUT2D eigenvalue weighted by molar-refractivity contribution is -0.117. The van der Waals surface area contributed by atoms with Gasteiger partial charge in [0.25, 0.3) is 5.91 Å². The third kappa shape index (κ3) is 5.23. The van der Waals surface area contributed by atoms with Crippen LogP contribution in [0.3, 0.4) is 0 Å². The number of benzene rings is 3. The molecule has 2 amide bonds. The molecule has 3 aromatic carbocycles. The second-order valence-corrected chi connectivity index (χ2v) is 7.24. The van der Waals surface area contributed by atoms with Crippen LogP contribution in [0, 0.1) is 11.7 Å². The van der Waals surface area contributed by atoms with Crippen molar-refractivity contribution in [1.82, 2.24) is 0 Å². The number of nitrogens with one attached hydrogen (secondary N) is 2. The first kappa shape index (κ1) is 19.6. The SMILES string of the molecule is O=C(Nc1cccc(NC(=O)C2CC2)c1)c1cccc(OCc2ccc(F)cc2)c1. The summed E-state index contributed by atoms with van der Waals surface area (Å²) < 4.78 is 18.7. The zero-order valence-corrected chi connectivity index (χ0v) is 16.2. The fourth-order valence-corrected chi connectivity index (χ4v) is 2.94. The number of hydrogen-bond acceptors (Lipinski definition) is 3. The molecule has 0 radical (unpaired) electrons. The third-order valence-corrected chi connectivity index (χ3v) is 4.75. The van der Waals surface area contributed by atoms with Gasteiger partial charge in [-0.2, -0.15) is 0 Å². The van der Waals surface area contributed by atoms with Gasteiger partial charge in [0.1, 0.15) is 18.2 Å². The molecule has 4 rings (SSSR count). The maximum Gasteiger partial charge on any atom is 0.255 e. The zero-order valence-electron chi connectivity index (χ0n) is 16.2. The molecule has 1 fully saturated rings. The molecular formula is C24H21FN2O3. The van der Waals surface area contributed by atoms with Gasteiger partial charge < -0.3 is 15.4 Å². The Balaban J connectivity index is 1.38. The van der Waals surface area contributed by atoms with Gasteiger partial charge in [0, 0.05) is 22.9 Å². The summed E-state index contributed by atoms with van der Waals surface area (Å²) in [5.41, 5.74) is 2.52. The maximum atomic E-state index is 13.0. The Labute approximate surface area is 173 Å². The van der Waals surface area contributed by atoms with Crippen molar-refractivity contribution in [3.8, 4) is 5.75 Å². The second-order valence-electron chi connectivity index (χ2n) is 7.24. The van der Waals surface area contributed by atoms with Crippen molar-refractivity contribution in [2.24, 2.45) is 5.92 Å². The first-order valence-corrected chi connectivity index (χ1v) is 9.76. The van der Waals surface area contributed by atoms with E-state index >= 15 is 0 Å². The Kier molecular flexibility index (Phi) is 5.75. The van der Waals surface area contributed by atoms with E-state index in [0.29, 0.717) is 22.7 Å². The molecule has 0 bridgehead atoms. The number of halogens is 1. The van der Waals surface area contributed by atoms with E-state index in [1.807, 2.05) is 0 Å². The van der Waals surface area contributed by atoms with Gasteiger partial charge in [0.2, 0.25) is 5.91 Å². The highest BCUT2D eigenvalue weighted by Gasteiger charge is 2.29. The largest absolute Gasteiger partial charge is 0.489 e. The van der Waals surface area contributed by atoms with Crippen molar-refractivity contribution in [1.29, 1.82) is 0 Å². The Bertz CT molecular complexity index is 1060. The van der Waals surface area contributed by atoms with Crippen LogP contribution in [-0.2, 0) is 11.4 Å². The summed E-state index contributed by atoms with van der Waals surface area (Å²) in [5, 5.41) is 5.70. The molecule has 1 aliphatic carbocycles. The zero-order chi connectivity index (χ0) is 20.9. The predicted molar refractivity (Wildman–Crippen MR) is 113 cm³/mol. The highest BCUT2D eigenvalue weighted by molar-refractivity contribution is 6.05. The van der Waals surface area contributed by atoms with Crippen molar-refractivity contribution < 1.29 is 18.7 Å². The Morgan fingerprint density at radius 3 is 2.33 bits per heavy atom. The highest BCUT2D eigenvalue weighted by Crippen LogP contribution is 2.30. The van der Waals surface area contributed by atoms with Gasteiger partial charge in [-0.05, 0) is 66.9 Å². The van der Waals surface area contributed by atoms with Crippen LogP contribution < -0.4 is 15.4 Å². The lowest BCUT2D eigenvalue weighted by Crippen LogP contribution is -2.14. The number of carbonyl (C=O) groups is 2. The molecule has 0 heterocycles. The fourth-order valence-electron chi connectivity index (χ4n) is 2.94. The minimum absolute atomic E-state index is 0.0180. The number of rotatable bonds is 7. The van der Waals surface area contributed by atoms with E-state index < -0.39 is 0 Å². The van der Waals surface area contributed by atoms with Crippen LogP contribution in [0.5, 0.6) is 5.75 Å². The first-order valence-electron chi connectivity index (χ1n) is 9.76. The lowest BCUT2D eigenvalue weighted by Gasteiger charge is -2.10. The van der Waals surface area contributed by atoms with Crippen molar-refractivity contribution in [2.75, 3.05) is 10.6 Å². The lowest BCUT2D eigenvalue weighted by atomic mass is 10.2. The number of anilines is 2. The van der Waals surface area contributed by atoms with Crippen LogP contribution in [-0.4, -0.2) is 11.8 Å². The first-order chi connectivity index (χ1) is 14.6. The number of hydrogen-bond donors (Lipinski definition) is 2. The average Bonchev–Trinajstić information content (AvgIpc) is 3.59. The van der Waals surface area contributed by atoms with Gasteiger partial charge in [-0.15, -0.1) is 0 Å². The Morgan fingerprint density at radius 1 is 0.900 bits per heavy atom. The third-order valence-electron chi connectivity index (χ3n) is 4.75. The molecule has 0 unspecified atom stereocenters. The van der Waals surface area contributed by atoms with Gasteiger partial charge in [-0.3, -0.25) is 9.59 Å². The quantitative estimate of drug-likeness (QED) is 0.582. The topological polar surface area (TPSA) is 67.4 Å². The second kappa shape index (κ2) is 8.78. The van der Waals surface area contributed by atoms with Crippen LogP contribution in [0.2, 0.25) is 0 Å². The highest BCUT2D eigenvalue weighted by atomic mass is 19.1. The fraction of sp³-hybridized carbons (Fsp3) is 0.167. The molecule has 0 atom stereocenters. The Morgan fingerprint density at radius 2 is 1.60 bits per heavy atom. The summed E-state index contributed by atoms with van der Waals surface area (Å²) in [6.45, 7) is 0.272. The van der Waals surface area contributed by atoms with Crippen LogP contribution >= 0.6 is 0 Å². The monoisotopic (exact) mass is 404 g/mol. The molecule has 0 saturated heterocycles. The molecule has 0 aromatic heterocycles. The van der Waals surface area contributed by atoms with Gasteiger partial charge in [-0.1, -0.05) is 24.3 Å². The molecule has 1 saturated carbocycles. The van der Waals surface area contributed by atoms with Crippen LogP contribution in [0.15, 0.2) is 72.8 Å². The summed E-state index contributed by atoms with van der Waals surface area (Å²) in [6, 6.07) is 20.0. The van der Waals surface area contributed by atoms with Crippen LogP contribution in [0.4, 0.5) is 15.8 Å². The molecule has 3 aromatic rings. The van der Waals surface area contributed by atoms with Crippen LogP contribution in [0.1, 0.15) is 28.8 Å². The van der Waals surface area contributed by atoms with E-state index in [1.165, 1.54) is 12.1 Å². The van der Waals surface area contributed by atoms with E-state index in [1.54, 1.807) is 60.7 Å². The van der Waals surface area contributed by atoms with E-state index in [0.717, 1.165) is 18.4 Å². The molecule has 2 N–H and O–H groups in total. The minimum Gasteiger partial charge on any atom is -0.489 e. The maximum absolute atomic E-state index is 13.0. The average molecular weight is 404 g/mol. The summed E-state index contributed by atoms with van der Waals surface area (Å²) >= 11 is 0. The summed E-state index contributed by atoms with van der Waals surface area (Å²) in [4.78, 5) is 24.6. The van der Waals surface area contributed by atoms with E-state index in [-0.39, 0.29) is 30.2 Å². The summed E-state index contributed by atoms with van der Waals surface area (Å²) in [7, 11) is 0. The molecule has 152 valence electrons. The van der Waals surface area contributed by atoms with Gasteiger partial charge in [-0.25, -0.2) is 4.39 Å². The normalized spacial score (nSPS) is 12.8. The molecular weight excluding hydrogens is 383 g/mol. The molecule has 1 aliphatic rings. The smallest absolute Gasteiger partial charge is 0.255 e. The number of ether oxygens (including phenoxy) is 1. The summed E-state index contributed by atoms with van der Waals surface area (Å²) in [5.74, 6) is 0.0873. The molecule has 0 spiro atoms.